The molecule has 0 aromatic heterocycles. The highest BCUT2D eigenvalue weighted by Gasteiger charge is 2.19. The van der Waals surface area contributed by atoms with Crippen LogP contribution >= 0.6 is 0 Å². The molecule has 1 aliphatic rings. The number of hydrogen-bond acceptors (Lipinski definition) is 3. The number of amides is 1. The van der Waals surface area contributed by atoms with Gasteiger partial charge in [0.2, 0.25) is 5.91 Å². The van der Waals surface area contributed by atoms with Crippen molar-refractivity contribution < 1.29 is 14.7 Å². The summed E-state index contributed by atoms with van der Waals surface area (Å²) in [7, 11) is 0. The van der Waals surface area contributed by atoms with Crippen molar-refractivity contribution in [3.63, 3.8) is 0 Å². The molecule has 0 heterocycles. The molecule has 0 radical (unpaired) electrons. The molecule has 5 nitrogen and oxygen atoms in total. The van der Waals surface area contributed by atoms with Crippen LogP contribution in [0, 0.1) is 27.7 Å². The second kappa shape index (κ2) is 10.2. The number of hydrogen-bond donors (Lipinski definition) is 3. The zero-order chi connectivity index (χ0) is 24.3. The van der Waals surface area contributed by atoms with Gasteiger partial charge in [-0.2, -0.15) is 0 Å². The average molecular weight is 449 g/mol. The number of carboxylic acid groups (broad SMARTS) is 1. The third kappa shape index (κ3) is 5.47. The summed E-state index contributed by atoms with van der Waals surface area (Å²) >= 11 is 0. The van der Waals surface area contributed by atoms with Crippen molar-refractivity contribution in [1.82, 2.24) is 5.32 Å². The Labute approximate surface area is 197 Å². The maximum absolute atomic E-state index is 12.5. The zero-order valence-corrected chi connectivity index (χ0v) is 20.6. The molecule has 2 aromatic carbocycles. The van der Waals surface area contributed by atoms with Gasteiger partial charge in [-0.25, -0.2) is 0 Å². The van der Waals surface area contributed by atoms with E-state index in [1.165, 1.54) is 60.5 Å². The number of carboxylic acids is 1. The second-order valence-corrected chi connectivity index (χ2v) is 9.35. The molecule has 0 bridgehead atoms. The van der Waals surface area contributed by atoms with Crippen molar-refractivity contribution in [2.45, 2.75) is 79.3 Å². The van der Waals surface area contributed by atoms with Gasteiger partial charge in [-0.15, -0.1) is 0 Å². The van der Waals surface area contributed by atoms with E-state index >= 15 is 0 Å². The molecule has 5 heteroatoms. The van der Waals surface area contributed by atoms with E-state index in [2.05, 4.69) is 62.6 Å². The highest BCUT2D eigenvalue weighted by atomic mass is 16.4. The molecule has 3 rings (SSSR count). The third-order valence-corrected chi connectivity index (χ3v) is 7.02. The maximum atomic E-state index is 12.5. The predicted octanol–water partition coefficient (Wildman–Crippen LogP) is 5.93. The molecule has 1 saturated carbocycles. The largest absolute Gasteiger partial charge is 0.480 e. The van der Waals surface area contributed by atoms with Crippen LogP contribution in [0.5, 0.6) is 0 Å². The van der Waals surface area contributed by atoms with Gasteiger partial charge >= 0.3 is 5.97 Å². The van der Waals surface area contributed by atoms with Gasteiger partial charge in [0, 0.05) is 17.3 Å². The number of carbonyl (C=O) groups excluding carboxylic acids is 1. The lowest BCUT2D eigenvalue weighted by Crippen LogP contribution is -2.38. The van der Waals surface area contributed by atoms with Gasteiger partial charge in [0.1, 0.15) is 6.04 Å². The SMILES string of the molecule is C/C(=C\c1c(C)c(C)c(-c2ccc(NC3CCCC3)cc2)c(C)c1C)C(=O)N[C@H](C)C(=O)O. The quantitative estimate of drug-likeness (QED) is 0.459. The first-order valence-electron chi connectivity index (χ1n) is 11.8. The Hall–Kier alpha value is -3.08. The molecule has 1 aliphatic carbocycles. The van der Waals surface area contributed by atoms with E-state index < -0.39 is 12.0 Å². The summed E-state index contributed by atoms with van der Waals surface area (Å²) in [5, 5.41) is 15.2. The van der Waals surface area contributed by atoms with E-state index in [0.717, 1.165) is 16.7 Å². The van der Waals surface area contributed by atoms with Gasteiger partial charge < -0.3 is 15.7 Å². The van der Waals surface area contributed by atoms with Crippen LogP contribution in [0.25, 0.3) is 17.2 Å². The van der Waals surface area contributed by atoms with Crippen LogP contribution in [0.2, 0.25) is 0 Å². The zero-order valence-electron chi connectivity index (χ0n) is 20.6. The molecule has 2 aromatic rings. The van der Waals surface area contributed by atoms with Crippen molar-refractivity contribution in [3.05, 3.63) is 57.7 Å². The number of carbonyl (C=O) groups is 2. The monoisotopic (exact) mass is 448 g/mol. The smallest absolute Gasteiger partial charge is 0.325 e. The second-order valence-electron chi connectivity index (χ2n) is 9.35. The lowest BCUT2D eigenvalue weighted by molar-refractivity contribution is -0.140. The molecule has 176 valence electrons. The van der Waals surface area contributed by atoms with Crippen LogP contribution in [-0.2, 0) is 9.59 Å². The Morgan fingerprint density at radius 2 is 1.52 bits per heavy atom. The maximum Gasteiger partial charge on any atom is 0.325 e. The lowest BCUT2D eigenvalue weighted by atomic mass is 9.85. The molecule has 0 unspecified atom stereocenters. The fourth-order valence-corrected chi connectivity index (χ4v) is 4.68. The van der Waals surface area contributed by atoms with Crippen molar-refractivity contribution >= 4 is 23.6 Å². The van der Waals surface area contributed by atoms with Gasteiger partial charge in [0.15, 0.2) is 0 Å². The minimum Gasteiger partial charge on any atom is -0.480 e. The molecule has 1 amide bonds. The van der Waals surface area contributed by atoms with Gasteiger partial charge in [-0.05, 0) is 112 Å². The first-order chi connectivity index (χ1) is 15.6. The number of anilines is 1. The van der Waals surface area contributed by atoms with Crippen LogP contribution < -0.4 is 10.6 Å². The first-order valence-corrected chi connectivity index (χ1v) is 11.8. The first kappa shape index (κ1) is 24.6. The number of aliphatic carboxylic acids is 1. The molecule has 3 N–H and O–H groups in total. The summed E-state index contributed by atoms with van der Waals surface area (Å²) in [5.41, 5.74) is 9.73. The molecular formula is C28H36N2O3. The van der Waals surface area contributed by atoms with E-state index in [1.54, 1.807) is 6.92 Å². The van der Waals surface area contributed by atoms with Crippen LogP contribution in [0.3, 0.4) is 0 Å². The lowest BCUT2D eigenvalue weighted by Gasteiger charge is -2.20. The van der Waals surface area contributed by atoms with E-state index in [-0.39, 0.29) is 5.91 Å². The predicted molar refractivity (Wildman–Crippen MR) is 136 cm³/mol. The van der Waals surface area contributed by atoms with Gasteiger partial charge in [0.05, 0.1) is 0 Å². The molecule has 33 heavy (non-hydrogen) atoms. The summed E-state index contributed by atoms with van der Waals surface area (Å²) in [6.07, 6.45) is 6.99. The van der Waals surface area contributed by atoms with Crippen LogP contribution in [-0.4, -0.2) is 29.1 Å². The number of benzene rings is 2. The average Bonchev–Trinajstić information content (AvgIpc) is 3.29. The number of nitrogens with one attached hydrogen (secondary N) is 2. The fourth-order valence-electron chi connectivity index (χ4n) is 4.68. The normalized spacial score (nSPS) is 15.4. The molecular weight excluding hydrogens is 412 g/mol. The Balaban J connectivity index is 1.90. The summed E-state index contributed by atoms with van der Waals surface area (Å²) < 4.78 is 0. The Bertz CT molecular complexity index is 1050. The molecule has 0 spiro atoms. The van der Waals surface area contributed by atoms with Gasteiger partial charge in [-0.1, -0.05) is 25.0 Å². The Morgan fingerprint density at radius 3 is 2.03 bits per heavy atom. The topological polar surface area (TPSA) is 78.4 Å². The summed E-state index contributed by atoms with van der Waals surface area (Å²) in [6, 6.07) is 8.38. The highest BCUT2D eigenvalue weighted by Crippen LogP contribution is 2.36. The van der Waals surface area contributed by atoms with Crippen LogP contribution in [0.15, 0.2) is 29.8 Å². The van der Waals surface area contributed by atoms with Gasteiger partial charge in [-0.3, -0.25) is 9.59 Å². The van der Waals surface area contributed by atoms with Crippen molar-refractivity contribution in [3.8, 4) is 11.1 Å². The molecule has 0 aliphatic heterocycles. The number of rotatable bonds is 7. The van der Waals surface area contributed by atoms with E-state index in [1.807, 2.05) is 6.08 Å². The van der Waals surface area contributed by atoms with E-state index in [9.17, 15) is 9.59 Å². The van der Waals surface area contributed by atoms with Crippen molar-refractivity contribution in [2.24, 2.45) is 0 Å². The molecule has 1 fully saturated rings. The van der Waals surface area contributed by atoms with Crippen molar-refractivity contribution in [2.75, 3.05) is 5.32 Å². The Morgan fingerprint density at radius 1 is 0.970 bits per heavy atom. The summed E-state index contributed by atoms with van der Waals surface area (Å²) in [6.45, 7) is 11.6. The van der Waals surface area contributed by atoms with E-state index in [4.69, 9.17) is 5.11 Å². The van der Waals surface area contributed by atoms with Crippen LogP contribution in [0.1, 0.15) is 67.3 Å². The standard InChI is InChI=1S/C28H36N2O3/c1-16(27(31)29-21(6)28(32)33)15-25-17(2)19(4)26(20(5)18(25)3)22-11-13-24(14-12-22)30-23-9-7-8-10-23/h11-15,21,23,30H,7-10H2,1-6H3,(H,29,31)(H,32,33)/b16-15+/t21-/m1/s1. The van der Waals surface area contributed by atoms with E-state index in [0.29, 0.717) is 11.6 Å². The fraction of sp³-hybridized carbons (Fsp3) is 0.429. The van der Waals surface area contributed by atoms with Gasteiger partial charge in [0.25, 0.3) is 0 Å². The van der Waals surface area contributed by atoms with Crippen LogP contribution in [0.4, 0.5) is 5.69 Å². The van der Waals surface area contributed by atoms with Crippen molar-refractivity contribution in [1.29, 1.82) is 0 Å². The minimum atomic E-state index is -1.05. The molecule has 0 saturated heterocycles. The third-order valence-electron chi connectivity index (χ3n) is 7.02. The molecule has 1 atom stereocenters. The summed E-state index contributed by atoms with van der Waals surface area (Å²) in [4.78, 5) is 23.5. The Kier molecular flexibility index (Phi) is 7.62. The minimum absolute atomic E-state index is 0.367. The highest BCUT2D eigenvalue weighted by molar-refractivity contribution is 5.99. The summed E-state index contributed by atoms with van der Waals surface area (Å²) in [5.74, 6) is -1.42.